The van der Waals surface area contributed by atoms with E-state index >= 15 is 0 Å². The largest absolute Gasteiger partial charge is 0.465 e. The van der Waals surface area contributed by atoms with E-state index in [1.807, 2.05) is 26.8 Å². The Morgan fingerprint density at radius 2 is 1.73 bits per heavy atom. The van der Waals surface area contributed by atoms with Gasteiger partial charge in [0.05, 0.1) is 5.56 Å². The lowest BCUT2D eigenvalue weighted by atomic mass is 9.93. The molecule has 15 heavy (non-hydrogen) atoms. The Morgan fingerprint density at radius 3 is 1.93 bits per heavy atom. The minimum atomic E-state index is -0.0293. The van der Waals surface area contributed by atoms with Crippen LogP contribution in [0.1, 0.15) is 63.4 Å². The quantitative estimate of drug-likeness (QED) is 0.653. The molecule has 1 aromatic rings. The molecule has 0 N–H and O–H groups in total. The number of carbonyl (C=O) groups is 1. The molecule has 86 valence electrons. The summed E-state index contributed by atoms with van der Waals surface area (Å²) in [6.07, 6.45) is 0. The molecule has 0 aromatic carbocycles. The zero-order valence-corrected chi connectivity index (χ0v) is 10.9. The molecule has 0 unspecified atom stereocenters. The van der Waals surface area contributed by atoms with E-state index in [0.717, 1.165) is 11.5 Å². The second-order valence-electron chi connectivity index (χ2n) is 4.39. The van der Waals surface area contributed by atoms with E-state index in [2.05, 4.69) is 20.8 Å². The van der Waals surface area contributed by atoms with Crippen molar-refractivity contribution in [2.24, 2.45) is 0 Å². The fourth-order valence-corrected chi connectivity index (χ4v) is 1.20. The molecular formula is C13H22O2. The van der Waals surface area contributed by atoms with Gasteiger partial charge in [0, 0.05) is 5.41 Å². The first-order chi connectivity index (χ1) is 6.82. The van der Waals surface area contributed by atoms with Gasteiger partial charge in [0.2, 0.25) is 0 Å². The summed E-state index contributed by atoms with van der Waals surface area (Å²) in [6.45, 7) is 13.6. The second-order valence-corrected chi connectivity index (χ2v) is 4.39. The topological polar surface area (TPSA) is 30.2 Å². The van der Waals surface area contributed by atoms with Crippen LogP contribution >= 0.6 is 0 Å². The molecule has 0 aliphatic carbocycles. The Morgan fingerprint density at radius 1 is 1.27 bits per heavy atom. The molecule has 0 bridgehead atoms. The number of hydrogen-bond donors (Lipinski definition) is 0. The van der Waals surface area contributed by atoms with Gasteiger partial charge in [-0.1, -0.05) is 34.6 Å². The first kappa shape index (κ1) is 13.9. The summed E-state index contributed by atoms with van der Waals surface area (Å²) >= 11 is 0. The highest BCUT2D eigenvalue weighted by molar-refractivity contribution is 5.95. The average molecular weight is 210 g/mol. The van der Waals surface area contributed by atoms with Crippen LogP contribution in [0.2, 0.25) is 0 Å². The Kier molecular flexibility index (Phi) is 4.79. The molecule has 0 amide bonds. The highest BCUT2D eigenvalue weighted by atomic mass is 16.3. The third-order valence-electron chi connectivity index (χ3n) is 2.04. The Bertz CT molecular complexity index is 327. The molecule has 0 saturated heterocycles. The highest BCUT2D eigenvalue weighted by Crippen LogP contribution is 2.26. The summed E-state index contributed by atoms with van der Waals surface area (Å²) < 4.78 is 5.52. The lowest BCUT2D eigenvalue weighted by molar-refractivity contribution is 0.101. The summed E-state index contributed by atoms with van der Waals surface area (Å²) in [7, 11) is 0. The van der Waals surface area contributed by atoms with Crippen molar-refractivity contribution in [3.8, 4) is 0 Å². The van der Waals surface area contributed by atoms with Crippen LogP contribution in [-0.4, -0.2) is 5.78 Å². The van der Waals surface area contributed by atoms with E-state index in [4.69, 9.17) is 4.42 Å². The number of Topliss-reactive ketones (excluding diaryl/α,β-unsaturated/α-hetero) is 1. The van der Waals surface area contributed by atoms with Crippen molar-refractivity contribution in [3.05, 3.63) is 23.2 Å². The van der Waals surface area contributed by atoms with Crippen molar-refractivity contribution in [1.82, 2.24) is 0 Å². The van der Waals surface area contributed by atoms with Crippen LogP contribution in [0, 0.1) is 6.92 Å². The molecule has 2 nitrogen and oxygen atoms in total. The van der Waals surface area contributed by atoms with Gasteiger partial charge >= 0.3 is 0 Å². The highest BCUT2D eigenvalue weighted by Gasteiger charge is 2.21. The number of aryl methyl sites for hydroxylation is 1. The minimum absolute atomic E-state index is 0.0293. The van der Waals surface area contributed by atoms with Crippen LogP contribution in [-0.2, 0) is 5.41 Å². The van der Waals surface area contributed by atoms with Gasteiger partial charge in [0.15, 0.2) is 5.78 Å². The zero-order valence-electron chi connectivity index (χ0n) is 10.9. The van der Waals surface area contributed by atoms with Crippen LogP contribution < -0.4 is 0 Å². The third kappa shape index (κ3) is 3.54. The fourth-order valence-electron chi connectivity index (χ4n) is 1.20. The molecule has 0 spiro atoms. The lowest BCUT2D eigenvalue weighted by Gasteiger charge is -2.13. The molecule has 0 saturated carbocycles. The summed E-state index contributed by atoms with van der Waals surface area (Å²) in [5.74, 6) is 1.66. The smallest absolute Gasteiger partial charge is 0.163 e. The zero-order chi connectivity index (χ0) is 12.2. The van der Waals surface area contributed by atoms with Crippen molar-refractivity contribution in [2.45, 2.75) is 53.9 Å². The molecule has 0 atom stereocenters. The molecule has 2 heteroatoms. The molecule has 0 radical (unpaired) electrons. The monoisotopic (exact) mass is 210 g/mol. The number of carbonyl (C=O) groups excluding carboxylic acids is 1. The summed E-state index contributed by atoms with van der Waals surface area (Å²) in [5, 5.41) is 0. The molecule has 1 aromatic heterocycles. The Balaban J connectivity index is 0.000000921. The normalized spacial score (nSPS) is 10.6. The molecule has 0 fully saturated rings. The fraction of sp³-hybridized carbons (Fsp3) is 0.615. The number of ketones is 1. The van der Waals surface area contributed by atoms with E-state index in [-0.39, 0.29) is 11.2 Å². The van der Waals surface area contributed by atoms with Gasteiger partial charge < -0.3 is 4.42 Å². The van der Waals surface area contributed by atoms with Gasteiger partial charge in [-0.2, -0.15) is 0 Å². The second kappa shape index (κ2) is 5.15. The number of rotatable bonds is 1. The van der Waals surface area contributed by atoms with Crippen molar-refractivity contribution in [1.29, 1.82) is 0 Å². The van der Waals surface area contributed by atoms with E-state index in [0.29, 0.717) is 5.56 Å². The van der Waals surface area contributed by atoms with Crippen molar-refractivity contribution in [2.75, 3.05) is 0 Å². The minimum Gasteiger partial charge on any atom is -0.465 e. The number of furan rings is 1. The Labute approximate surface area is 92.7 Å². The molecule has 0 aliphatic rings. The van der Waals surface area contributed by atoms with Gasteiger partial charge in [-0.05, 0) is 19.9 Å². The van der Waals surface area contributed by atoms with Crippen LogP contribution in [0.15, 0.2) is 10.5 Å². The van der Waals surface area contributed by atoms with Crippen molar-refractivity contribution >= 4 is 5.78 Å². The SMILES string of the molecule is CC.CC(=O)c1cc(C(C)(C)C)oc1C. The van der Waals surface area contributed by atoms with E-state index in [1.165, 1.54) is 0 Å². The summed E-state index contributed by atoms with van der Waals surface area (Å²) in [4.78, 5) is 11.1. The third-order valence-corrected chi connectivity index (χ3v) is 2.04. The van der Waals surface area contributed by atoms with Crippen LogP contribution in [0.5, 0.6) is 0 Å². The molecule has 1 rings (SSSR count). The van der Waals surface area contributed by atoms with Gasteiger partial charge in [-0.3, -0.25) is 4.79 Å². The van der Waals surface area contributed by atoms with Crippen LogP contribution in [0.3, 0.4) is 0 Å². The predicted octanol–water partition coefficient (Wildman–Crippen LogP) is 4.11. The first-order valence-electron chi connectivity index (χ1n) is 5.44. The number of hydrogen-bond acceptors (Lipinski definition) is 2. The Hall–Kier alpha value is -1.05. The predicted molar refractivity (Wildman–Crippen MR) is 63.5 cm³/mol. The van der Waals surface area contributed by atoms with Crippen LogP contribution in [0.25, 0.3) is 0 Å². The van der Waals surface area contributed by atoms with E-state index in [1.54, 1.807) is 6.92 Å². The first-order valence-corrected chi connectivity index (χ1v) is 5.44. The lowest BCUT2D eigenvalue weighted by Crippen LogP contribution is -2.09. The van der Waals surface area contributed by atoms with Gasteiger partial charge in [-0.15, -0.1) is 0 Å². The van der Waals surface area contributed by atoms with E-state index in [9.17, 15) is 4.79 Å². The molecular weight excluding hydrogens is 188 g/mol. The van der Waals surface area contributed by atoms with Crippen molar-refractivity contribution < 1.29 is 9.21 Å². The van der Waals surface area contributed by atoms with Gasteiger partial charge in [-0.25, -0.2) is 0 Å². The maximum absolute atomic E-state index is 11.1. The molecule has 1 heterocycles. The van der Waals surface area contributed by atoms with Crippen LogP contribution in [0.4, 0.5) is 0 Å². The maximum atomic E-state index is 11.1. The standard InChI is InChI=1S/C11H16O2.C2H6/c1-7(12)9-6-10(11(3,4)5)13-8(9)2;1-2/h6H,1-5H3;1-2H3. The van der Waals surface area contributed by atoms with Gasteiger partial charge in [0.25, 0.3) is 0 Å². The van der Waals surface area contributed by atoms with E-state index < -0.39 is 0 Å². The summed E-state index contributed by atoms with van der Waals surface area (Å²) in [6, 6.07) is 1.84. The molecule has 0 aliphatic heterocycles. The van der Waals surface area contributed by atoms with Gasteiger partial charge in [0.1, 0.15) is 11.5 Å². The van der Waals surface area contributed by atoms with Crippen molar-refractivity contribution in [3.63, 3.8) is 0 Å². The summed E-state index contributed by atoms with van der Waals surface area (Å²) in [5.41, 5.74) is 0.670. The average Bonchev–Trinajstić information content (AvgIpc) is 2.50. The maximum Gasteiger partial charge on any atom is 0.163 e.